The van der Waals surface area contributed by atoms with Crippen LogP contribution in [0, 0.1) is 24.6 Å². The molecule has 2 aromatic carbocycles. The maximum absolute atomic E-state index is 14.7. The Balaban J connectivity index is 0.000000854. The Kier molecular flexibility index (Phi) is 11.5. The van der Waals surface area contributed by atoms with Gasteiger partial charge in [0.2, 0.25) is 0 Å². The molecule has 1 heterocycles. The second-order valence-corrected chi connectivity index (χ2v) is 11.0. The second-order valence-electron chi connectivity index (χ2n) is 11.0. The first-order valence-electron chi connectivity index (χ1n) is 14.7. The zero-order valence-corrected chi connectivity index (χ0v) is 25.4. The number of benzene rings is 2. The molecule has 2 aliphatic carbocycles. The molecule has 0 bridgehead atoms. The number of carbonyl (C=O) groups excluding carboxylic acids is 3. The number of hydrogen-bond donors (Lipinski definition) is 4. The number of pyridine rings is 1. The van der Waals surface area contributed by atoms with E-state index >= 15 is 0 Å². The van der Waals surface area contributed by atoms with Crippen LogP contribution in [-0.2, 0) is 21.7 Å². The van der Waals surface area contributed by atoms with Gasteiger partial charge >= 0.3 is 0 Å². The van der Waals surface area contributed by atoms with E-state index in [9.17, 15) is 14.0 Å². The quantitative estimate of drug-likeness (QED) is 0.0647. The number of nitrogens with two attached hydrogens (primary N) is 1. The lowest BCUT2D eigenvalue weighted by atomic mass is 9.97. The van der Waals surface area contributed by atoms with Crippen LogP contribution in [0.3, 0.4) is 0 Å². The summed E-state index contributed by atoms with van der Waals surface area (Å²) in [6.07, 6.45) is 8.78. The smallest absolute Gasteiger partial charge is 0.252 e. The molecule has 1 aromatic heterocycles. The first-order chi connectivity index (χ1) is 21.7. The number of aromatic nitrogens is 1. The Bertz CT molecular complexity index is 1670. The number of aldehydes is 1. The molecule has 2 fully saturated rings. The molecule has 232 valence electrons. The Hall–Kier alpha value is -4.98. The van der Waals surface area contributed by atoms with Crippen molar-refractivity contribution in [2.45, 2.75) is 57.7 Å². The average Bonchev–Trinajstić information content (AvgIpc) is 3.98. The fourth-order valence-electron chi connectivity index (χ4n) is 4.46. The van der Waals surface area contributed by atoms with Crippen molar-refractivity contribution < 1.29 is 18.8 Å². The summed E-state index contributed by atoms with van der Waals surface area (Å²) in [5.74, 6) is 5.10. The van der Waals surface area contributed by atoms with E-state index in [-0.39, 0.29) is 18.0 Å². The lowest BCUT2D eigenvalue weighted by Gasteiger charge is -2.20. The zero-order valence-electron chi connectivity index (χ0n) is 25.4. The maximum Gasteiger partial charge on any atom is 0.252 e. The van der Waals surface area contributed by atoms with Crippen LogP contribution in [0.1, 0.15) is 70.9 Å². The van der Waals surface area contributed by atoms with Crippen LogP contribution in [0.2, 0.25) is 0 Å². The fourth-order valence-corrected chi connectivity index (χ4v) is 4.46. The number of hydrazine groups is 1. The zero-order chi connectivity index (χ0) is 32.2. The highest BCUT2D eigenvalue weighted by Gasteiger charge is 2.46. The number of halogens is 1. The lowest BCUT2D eigenvalue weighted by molar-refractivity contribution is -0.128. The van der Waals surface area contributed by atoms with Gasteiger partial charge in [0.15, 0.2) is 12.1 Å². The van der Waals surface area contributed by atoms with Gasteiger partial charge in [-0.25, -0.2) is 14.8 Å². The first-order valence-corrected chi connectivity index (χ1v) is 14.7. The first kappa shape index (κ1) is 32.9. The Morgan fingerprint density at radius 2 is 1.89 bits per heavy atom. The number of aliphatic imine (C=N–C) groups is 1. The predicted octanol–water partition coefficient (Wildman–Crippen LogP) is 3.90. The molecule has 0 atom stereocenters. The van der Waals surface area contributed by atoms with Gasteiger partial charge in [-0.1, -0.05) is 30.2 Å². The Morgan fingerprint density at radius 3 is 2.56 bits per heavy atom. The van der Waals surface area contributed by atoms with Gasteiger partial charge in [0, 0.05) is 43.2 Å². The molecule has 2 saturated carbocycles. The minimum atomic E-state index is -0.612. The van der Waals surface area contributed by atoms with Gasteiger partial charge in [0.1, 0.15) is 11.5 Å². The van der Waals surface area contributed by atoms with Crippen LogP contribution in [0.15, 0.2) is 72.0 Å². The molecule has 0 spiro atoms. The van der Waals surface area contributed by atoms with Crippen LogP contribution < -0.4 is 21.9 Å². The summed E-state index contributed by atoms with van der Waals surface area (Å²) in [6.45, 7) is 4.03. The monoisotopic (exact) mass is 608 g/mol. The number of allylic oxidation sites excluding steroid dienone is 1. The number of nitrogens with one attached hydrogen (secondary N) is 3. The predicted molar refractivity (Wildman–Crippen MR) is 172 cm³/mol. The number of aryl methyl sites for hydroxylation is 1. The lowest BCUT2D eigenvalue weighted by Crippen LogP contribution is -2.36. The third-order valence-corrected chi connectivity index (χ3v) is 7.26. The van der Waals surface area contributed by atoms with Crippen molar-refractivity contribution in [1.29, 1.82) is 0 Å². The van der Waals surface area contributed by atoms with Crippen molar-refractivity contribution in [2.24, 2.45) is 10.7 Å². The van der Waals surface area contributed by atoms with Crippen LogP contribution in [0.4, 0.5) is 4.39 Å². The second kappa shape index (κ2) is 15.7. The average molecular weight is 609 g/mol. The number of Topliss-reactive ketones (excluding diaryl/α,β-unsaturated/α-hetero) is 1. The van der Waals surface area contributed by atoms with E-state index in [0.29, 0.717) is 35.8 Å². The van der Waals surface area contributed by atoms with Crippen LogP contribution in [0.25, 0.3) is 5.57 Å². The molecular formula is C35H37FN6O3. The van der Waals surface area contributed by atoms with Gasteiger partial charge in [0.05, 0.1) is 18.1 Å². The van der Waals surface area contributed by atoms with E-state index in [1.165, 1.54) is 25.3 Å². The van der Waals surface area contributed by atoms with Crippen LogP contribution in [-0.4, -0.2) is 41.8 Å². The van der Waals surface area contributed by atoms with Gasteiger partial charge in [-0.2, -0.15) is 0 Å². The molecule has 9 nitrogen and oxygen atoms in total. The third kappa shape index (κ3) is 9.76. The molecule has 1 amide bonds. The SMILES string of the molecule is CC(=O)C=O.Cc1cccnc1C#CCNNCc1ccccc1C(=O)NC1(c2cc(F)cc(/C(C=NC3CC3)=C/N)c2)CC1. The normalized spacial score (nSPS) is 14.9. The highest BCUT2D eigenvalue weighted by molar-refractivity contribution is 6.23. The molecule has 5 N–H and O–H groups in total. The highest BCUT2D eigenvalue weighted by Crippen LogP contribution is 2.46. The number of nitrogens with zero attached hydrogens (tertiary/aromatic N) is 2. The van der Waals surface area contributed by atoms with Crippen molar-refractivity contribution in [2.75, 3.05) is 6.54 Å². The molecular weight excluding hydrogens is 571 g/mol. The van der Waals surface area contributed by atoms with E-state index in [2.05, 4.69) is 38.0 Å². The summed E-state index contributed by atoms with van der Waals surface area (Å²) >= 11 is 0. The Morgan fingerprint density at radius 1 is 1.13 bits per heavy atom. The Labute approximate surface area is 262 Å². The standard InChI is InChI=1S/C32H33FN6O.C3H4O2/c1-22-6-4-14-35-30(22)9-5-15-37-38-21-23-7-2-3-8-29(23)31(40)39-32(12-13-32)26-16-24(17-27(33)18-26)25(19-34)20-36-28-10-11-28;1-3(5)2-4/h2-4,6-8,14,16-20,28,37-38H,10-13,15,21,34H2,1H3,(H,39,40);2H,1H3/b25-19+,36-20?;. The molecule has 0 aliphatic heterocycles. The molecule has 2 aliphatic rings. The van der Waals surface area contributed by atoms with Crippen molar-refractivity contribution in [3.8, 4) is 11.8 Å². The summed E-state index contributed by atoms with van der Waals surface area (Å²) in [7, 11) is 0. The summed E-state index contributed by atoms with van der Waals surface area (Å²) in [5, 5.41) is 3.18. The number of carbonyl (C=O) groups is 3. The fraction of sp³-hybridized carbons (Fsp3) is 0.286. The minimum absolute atomic E-state index is 0.198. The van der Waals surface area contributed by atoms with Crippen molar-refractivity contribution in [3.63, 3.8) is 0 Å². The van der Waals surface area contributed by atoms with Crippen molar-refractivity contribution in [3.05, 3.63) is 106 Å². The number of ketones is 1. The van der Waals surface area contributed by atoms with Crippen molar-refractivity contribution >= 4 is 29.8 Å². The minimum Gasteiger partial charge on any atom is -0.404 e. The number of rotatable bonds is 11. The largest absolute Gasteiger partial charge is 0.404 e. The van der Waals surface area contributed by atoms with E-state index in [1.54, 1.807) is 18.5 Å². The maximum atomic E-state index is 14.7. The number of hydrogen-bond acceptors (Lipinski definition) is 8. The topological polar surface area (TPSA) is 139 Å². The van der Waals surface area contributed by atoms with E-state index in [4.69, 9.17) is 10.5 Å². The van der Waals surface area contributed by atoms with Crippen molar-refractivity contribution in [1.82, 2.24) is 21.2 Å². The van der Waals surface area contributed by atoms with Crippen LogP contribution in [0.5, 0.6) is 0 Å². The van der Waals surface area contributed by atoms with Crippen LogP contribution >= 0.6 is 0 Å². The summed E-state index contributed by atoms with van der Waals surface area (Å²) in [5.41, 5.74) is 16.7. The van der Waals surface area contributed by atoms with Gasteiger partial charge in [-0.05, 0) is 91.1 Å². The molecule has 5 rings (SSSR count). The molecule has 3 aromatic rings. The summed E-state index contributed by atoms with van der Waals surface area (Å²) in [4.78, 5) is 40.8. The molecule has 10 heteroatoms. The summed E-state index contributed by atoms with van der Waals surface area (Å²) in [6, 6.07) is 16.5. The molecule has 45 heavy (non-hydrogen) atoms. The summed E-state index contributed by atoms with van der Waals surface area (Å²) < 4.78 is 14.7. The molecule has 0 radical (unpaired) electrons. The van der Waals surface area contributed by atoms with Gasteiger partial charge in [0.25, 0.3) is 5.91 Å². The number of amides is 1. The molecule has 0 saturated heterocycles. The third-order valence-electron chi connectivity index (χ3n) is 7.26. The van der Waals surface area contributed by atoms with Gasteiger partial charge in [-0.3, -0.25) is 24.8 Å². The molecule has 0 unspecified atom stereocenters. The van der Waals surface area contributed by atoms with Gasteiger partial charge < -0.3 is 11.1 Å². The van der Waals surface area contributed by atoms with Gasteiger partial charge in [-0.15, -0.1) is 0 Å². The highest BCUT2D eigenvalue weighted by atomic mass is 19.1. The van der Waals surface area contributed by atoms with E-state index in [0.717, 1.165) is 48.1 Å². The van der Waals surface area contributed by atoms with E-state index < -0.39 is 11.3 Å². The van der Waals surface area contributed by atoms with E-state index in [1.807, 2.05) is 43.3 Å².